The molecule has 1 aliphatic carbocycles. The van der Waals surface area contributed by atoms with Crippen LogP contribution in [0, 0.1) is 5.41 Å². The van der Waals surface area contributed by atoms with Crippen LogP contribution in [0.5, 0.6) is 0 Å². The second kappa shape index (κ2) is 10.7. The number of carbonyl (C=O) groups is 1. The van der Waals surface area contributed by atoms with Crippen molar-refractivity contribution in [3.63, 3.8) is 0 Å². The molecule has 0 bridgehead atoms. The number of hydrazone groups is 1. The van der Waals surface area contributed by atoms with Crippen molar-refractivity contribution in [2.45, 2.75) is 36.9 Å². The number of rotatable bonds is 10. The van der Waals surface area contributed by atoms with Crippen LogP contribution in [0.4, 0.5) is 13.2 Å². The molecule has 2 heterocycles. The molecule has 1 spiro atoms. The van der Waals surface area contributed by atoms with Gasteiger partial charge in [0.25, 0.3) is 0 Å². The molecule has 35 heavy (non-hydrogen) atoms. The number of alkyl halides is 3. The molecule has 190 valence electrons. The third-order valence-electron chi connectivity index (χ3n) is 7.12. The number of aldehydes is 1. The molecule has 0 radical (unpaired) electrons. The highest BCUT2D eigenvalue weighted by molar-refractivity contribution is 7.99. The highest BCUT2D eigenvalue weighted by Gasteiger charge is 2.57. The summed E-state index contributed by atoms with van der Waals surface area (Å²) in [7, 11) is 3.81. The smallest absolute Gasteiger partial charge is 0.385 e. The zero-order chi connectivity index (χ0) is 25.1. The Kier molecular flexibility index (Phi) is 7.80. The molecule has 1 aromatic rings. The number of likely N-dealkylation sites (tertiary alicyclic amines) is 1. The van der Waals surface area contributed by atoms with Gasteiger partial charge in [-0.3, -0.25) is 10.2 Å². The van der Waals surface area contributed by atoms with Gasteiger partial charge in [-0.15, -0.1) is 11.8 Å². The summed E-state index contributed by atoms with van der Waals surface area (Å²) >= 11 is 1.80. The molecular weight excluding hydrogens is 475 g/mol. The summed E-state index contributed by atoms with van der Waals surface area (Å²) in [5.41, 5.74) is 4.76. The summed E-state index contributed by atoms with van der Waals surface area (Å²) < 4.78 is 38.5. The number of halogens is 3. The van der Waals surface area contributed by atoms with E-state index >= 15 is 0 Å². The van der Waals surface area contributed by atoms with E-state index in [-0.39, 0.29) is 10.9 Å². The van der Waals surface area contributed by atoms with E-state index in [1.54, 1.807) is 30.0 Å². The van der Waals surface area contributed by atoms with Crippen LogP contribution in [0.3, 0.4) is 0 Å². The fourth-order valence-electron chi connectivity index (χ4n) is 5.09. The molecule has 1 unspecified atom stereocenters. The van der Waals surface area contributed by atoms with E-state index in [9.17, 15) is 18.0 Å². The number of hydrogen-bond acceptors (Lipinski definition) is 7. The van der Waals surface area contributed by atoms with E-state index in [1.807, 2.05) is 20.2 Å². The molecule has 4 rings (SSSR count). The molecule has 1 saturated carbocycles. The summed E-state index contributed by atoms with van der Waals surface area (Å²) in [6.07, 6.45) is 4.64. The molecule has 3 aliphatic rings. The van der Waals surface area contributed by atoms with Crippen LogP contribution in [0.2, 0.25) is 0 Å². The van der Waals surface area contributed by atoms with E-state index in [0.717, 1.165) is 68.0 Å². The Hall–Kier alpha value is -2.46. The maximum Gasteiger partial charge on any atom is 0.416 e. The van der Waals surface area contributed by atoms with Gasteiger partial charge in [0, 0.05) is 20.6 Å². The van der Waals surface area contributed by atoms with E-state index in [0.29, 0.717) is 5.92 Å². The Balaban J connectivity index is 1.18. The minimum atomic E-state index is -4.28. The van der Waals surface area contributed by atoms with E-state index in [1.165, 1.54) is 18.2 Å². The Bertz CT molecular complexity index is 994. The molecule has 3 atom stereocenters. The third-order valence-corrected chi connectivity index (χ3v) is 8.38. The maximum absolute atomic E-state index is 12.8. The topological polar surface area (TPSA) is 60.0 Å². The first-order valence-corrected chi connectivity index (χ1v) is 12.9. The van der Waals surface area contributed by atoms with Crippen LogP contribution in [0.1, 0.15) is 36.3 Å². The van der Waals surface area contributed by atoms with E-state index in [4.69, 9.17) is 0 Å². The summed E-state index contributed by atoms with van der Waals surface area (Å²) in [4.78, 5) is 15.1. The van der Waals surface area contributed by atoms with Crippen molar-refractivity contribution in [2.24, 2.45) is 10.5 Å². The highest BCUT2D eigenvalue weighted by atomic mass is 32.2. The Morgan fingerprint density at radius 3 is 2.77 bits per heavy atom. The van der Waals surface area contributed by atoms with Crippen molar-refractivity contribution >= 4 is 23.9 Å². The zero-order valence-corrected chi connectivity index (χ0v) is 20.8. The standard InChI is InChI=1S/C25H32F3N5OS/c1-29-21(6-3-4-14-34)22-30-31-23(32(22)2)35-15-5-12-33-13-11-24(17-33)16-20(24)18-7-9-19(10-8-18)25(26,27)28/h3-4,6-10,14,20,23,29,31H,5,11-13,15-17H2,1-2H3/b4-3-,21-6-/t20-,23?,24+/m1/s1. The van der Waals surface area contributed by atoms with Crippen LogP contribution >= 0.6 is 11.8 Å². The summed E-state index contributed by atoms with van der Waals surface area (Å²) in [6.45, 7) is 3.11. The number of nitrogens with zero attached hydrogens (tertiary/aromatic N) is 3. The first-order chi connectivity index (χ1) is 16.8. The number of nitrogens with one attached hydrogen (secondary N) is 2. The minimum Gasteiger partial charge on any atom is -0.385 e. The molecule has 2 aliphatic heterocycles. The quantitative estimate of drug-likeness (QED) is 0.216. The summed E-state index contributed by atoms with van der Waals surface area (Å²) in [6, 6.07) is 5.75. The monoisotopic (exact) mass is 507 g/mol. The van der Waals surface area contributed by atoms with Crippen molar-refractivity contribution in [3.8, 4) is 0 Å². The highest BCUT2D eigenvalue weighted by Crippen LogP contribution is 2.64. The van der Waals surface area contributed by atoms with Crippen molar-refractivity contribution < 1.29 is 18.0 Å². The Labute approximate surface area is 208 Å². The molecular formula is C25H32F3N5OS. The first-order valence-electron chi connectivity index (χ1n) is 11.8. The van der Waals surface area contributed by atoms with Gasteiger partial charge < -0.3 is 15.1 Å². The SMILES string of the molecule is CN/C(=C\C=C/C=O)C1=NNC(SCCCN2CC[C@]3(C[C@@H]3c3ccc(C(F)(F)F)cc3)C2)N1C. The van der Waals surface area contributed by atoms with Gasteiger partial charge in [0.1, 0.15) is 6.29 Å². The zero-order valence-electron chi connectivity index (χ0n) is 20.0. The molecule has 0 amide bonds. The van der Waals surface area contributed by atoms with Crippen LogP contribution in [-0.4, -0.2) is 66.9 Å². The fraction of sp³-hybridized carbons (Fsp3) is 0.520. The van der Waals surface area contributed by atoms with Crippen molar-refractivity contribution in [2.75, 3.05) is 39.5 Å². The second-order valence-electron chi connectivity index (χ2n) is 9.37. The number of hydrogen-bond donors (Lipinski definition) is 2. The average Bonchev–Trinajstić information content (AvgIpc) is 3.19. The lowest BCUT2D eigenvalue weighted by Gasteiger charge is -2.23. The van der Waals surface area contributed by atoms with E-state index in [2.05, 4.69) is 25.6 Å². The molecule has 2 N–H and O–H groups in total. The van der Waals surface area contributed by atoms with Gasteiger partial charge in [-0.05, 0) is 79.3 Å². The largest absolute Gasteiger partial charge is 0.416 e. The average molecular weight is 508 g/mol. The fourth-order valence-corrected chi connectivity index (χ4v) is 6.06. The number of thioether (sulfide) groups is 1. The van der Waals surface area contributed by atoms with Gasteiger partial charge in [-0.2, -0.15) is 18.3 Å². The lowest BCUT2D eigenvalue weighted by Crippen LogP contribution is -2.37. The Morgan fingerprint density at radius 1 is 1.31 bits per heavy atom. The number of amidine groups is 1. The predicted molar refractivity (Wildman–Crippen MR) is 134 cm³/mol. The second-order valence-corrected chi connectivity index (χ2v) is 10.6. The van der Waals surface area contributed by atoms with Gasteiger partial charge in [0.15, 0.2) is 11.3 Å². The van der Waals surface area contributed by atoms with Gasteiger partial charge in [-0.1, -0.05) is 18.2 Å². The van der Waals surface area contributed by atoms with Gasteiger partial charge in [0.2, 0.25) is 0 Å². The lowest BCUT2D eigenvalue weighted by atomic mass is 9.97. The predicted octanol–water partition coefficient (Wildman–Crippen LogP) is 4.00. The molecule has 1 aromatic carbocycles. The molecule has 2 fully saturated rings. The third kappa shape index (κ3) is 5.86. The van der Waals surface area contributed by atoms with Crippen LogP contribution in [-0.2, 0) is 11.0 Å². The van der Waals surface area contributed by atoms with Crippen molar-refractivity contribution in [3.05, 3.63) is 59.3 Å². The summed E-state index contributed by atoms with van der Waals surface area (Å²) in [5, 5.41) is 7.55. The molecule has 0 aromatic heterocycles. The van der Waals surface area contributed by atoms with Crippen molar-refractivity contribution in [1.29, 1.82) is 0 Å². The Morgan fingerprint density at radius 2 is 2.09 bits per heavy atom. The number of benzene rings is 1. The van der Waals surface area contributed by atoms with Crippen LogP contribution < -0.4 is 10.7 Å². The molecule has 10 heteroatoms. The van der Waals surface area contributed by atoms with Gasteiger partial charge in [0.05, 0.1) is 11.3 Å². The summed E-state index contributed by atoms with van der Waals surface area (Å²) in [5.74, 6) is 2.16. The van der Waals surface area contributed by atoms with Crippen molar-refractivity contribution in [1.82, 2.24) is 20.5 Å². The maximum atomic E-state index is 12.8. The van der Waals surface area contributed by atoms with Gasteiger partial charge in [-0.25, -0.2) is 0 Å². The van der Waals surface area contributed by atoms with E-state index < -0.39 is 11.7 Å². The van der Waals surface area contributed by atoms with Crippen LogP contribution in [0.25, 0.3) is 0 Å². The first kappa shape index (κ1) is 25.6. The minimum absolute atomic E-state index is 0.0502. The normalized spacial score (nSPS) is 26.9. The number of allylic oxidation sites excluding steroid dienone is 3. The van der Waals surface area contributed by atoms with Crippen LogP contribution in [0.15, 0.2) is 53.3 Å². The number of carbonyl (C=O) groups excluding carboxylic acids is 1. The lowest BCUT2D eigenvalue weighted by molar-refractivity contribution is -0.137. The molecule has 1 saturated heterocycles. The molecule has 6 nitrogen and oxygen atoms in total. The number of likely N-dealkylation sites (N-methyl/N-ethyl adjacent to an activating group) is 2. The van der Waals surface area contributed by atoms with Gasteiger partial charge >= 0.3 is 6.18 Å².